The lowest BCUT2D eigenvalue weighted by molar-refractivity contribution is -0.942. The highest BCUT2D eigenvalue weighted by Crippen LogP contribution is 2.33. The maximum Gasteiger partial charge on any atom is 0.267 e. The Morgan fingerprint density at radius 3 is 2.19 bits per heavy atom. The van der Waals surface area contributed by atoms with Crippen LogP contribution in [-0.4, -0.2) is 48.9 Å². The highest BCUT2D eigenvalue weighted by Gasteiger charge is 2.39. The smallest absolute Gasteiger partial charge is 0.267 e. The van der Waals surface area contributed by atoms with Gasteiger partial charge in [0.2, 0.25) is 0 Å². The van der Waals surface area contributed by atoms with Crippen LogP contribution in [0.2, 0.25) is 0 Å². The van der Waals surface area contributed by atoms with Crippen molar-refractivity contribution in [2.45, 2.75) is 37.9 Å². The fourth-order valence-corrected chi connectivity index (χ4v) is 3.48. The zero-order chi connectivity index (χ0) is 11.8. The summed E-state index contributed by atoms with van der Waals surface area (Å²) in [5.74, 6) is 0.930. The fourth-order valence-electron chi connectivity index (χ4n) is 3.08. The van der Waals surface area contributed by atoms with Crippen molar-refractivity contribution in [1.29, 1.82) is 0 Å². The molecule has 16 heavy (non-hydrogen) atoms. The minimum Gasteiger partial charge on any atom is -0.324 e. The summed E-state index contributed by atoms with van der Waals surface area (Å²) in [7, 11) is -3.84. The van der Waals surface area contributed by atoms with Crippen LogP contribution < -0.4 is 0 Å². The van der Waals surface area contributed by atoms with E-state index in [-0.39, 0.29) is 0 Å². The van der Waals surface area contributed by atoms with E-state index in [0.717, 1.165) is 16.9 Å². The first-order chi connectivity index (χ1) is 7.41. The number of nitrogens with zero attached hydrogens (tertiary/aromatic N) is 1. The van der Waals surface area contributed by atoms with E-state index in [4.69, 9.17) is 4.55 Å². The fraction of sp³-hybridized carbons (Fsp3) is 1.00. The maximum absolute atomic E-state index is 11.0. The number of hydrogen-bond acceptors (Lipinski definition) is 2. The Kier molecular flexibility index (Phi) is 3.29. The molecule has 3 heterocycles. The summed E-state index contributed by atoms with van der Waals surface area (Å²) < 4.78 is 32.0. The van der Waals surface area contributed by atoms with E-state index >= 15 is 0 Å². The Bertz CT molecular complexity index is 330. The van der Waals surface area contributed by atoms with Gasteiger partial charge in [0.05, 0.1) is 31.4 Å². The SMILES string of the molecule is CC(CC[N+]12CCC(CC1)CC2)S(=O)(=O)O. The molecule has 0 aromatic carbocycles. The van der Waals surface area contributed by atoms with Gasteiger partial charge in [-0.05, 0) is 32.1 Å². The lowest BCUT2D eigenvalue weighted by atomic mass is 9.85. The van der Waals surface area contributed by atoms with Crippen molar-refractivity contribution < 1.29 is 17.5 Å². The van der Waals surface area contributed by atoms with Gasteiger partial charge in [0.1, 0.15) is 0 Å². The molecule has 4 nitrogen and oxygen atoms in total. The quantitative estimate of drug-likeness (QED) is 0.602. The molecule has 3 saturated heterocycles. The van der Waals surface area contributed by atoms with Gasteiger partial charge in [0, 0.05) is 6.42 Å². The second kappa shape index (κ2) is 4.27. The van der Waals surface area contributed by atoms with Crippen molar-refractivity contribution in [2.75, 3.05) is 26.2 Å². The average molecular weight is 248 g/mol. The molecule has 0 aliphatic carbocycles. The van der Waals surface area contributed by atoms with Crippen molar-refractivity contribution in [3.8, 4) is 0 Å². The van der Waals surface area contributed by atoms with Crippen LogP contribution in [0.4, 0.5) is 0 Å². The maximum atomic E-state index is 11.0. The van der Waals surface area contributed by atoms with E-state index in [2.05, 4.69) is 0 Å². The van der Waals surface area contributed by atoms with Gasteiger partial charge in [-0.15, -0.1) is 0 Å². The molecule has 1 atom stereocenters. The van der Waals surface area contributed by atoms with Crippen molar-refractivity contribution >= 4 is 10.1 Å². The topological polar surface area (TPSA) is 54.4 Å². The molecule has 1 unspecified atom stereocenters. The van der Waals surface area contributed by atoms with E-state index in [1.807, 2.05) is 0 Å². The van der Waals surface area contributed by atoms with E-state index < -0.39 is 15.4 Å². The number of quaternary nitrogens is 1. The predicted molar refractivity (Wildman–Crippen MR) is 62.7 cm³/mol. The molecule has 3 aliphatic heterocycles. The summed E-state index contributed by atoms with van der Waals surface area (Å²) in [5, 5.41) is -0.611. The van der Waals surface area contributed by atoms with Crippen LogP contribution in [0.25, 0.3) is 0 Å². The molecular weight excluding hydrogens is 226 g/mol. The zero-order valence-electron chi connectivity index (χ0n) is 9.93. The molecule has 94 valence electrons. The van der Waals surface area contributed by atoms with Crippen LogP contribution in [-0.2, 0) is 10.1 Å². The molecule has 0 aromatic heterocycles. The molecule has 3 rings (SSSR count). The Morgan fingerprint density at radius 1 is 1.25 bits per heavy atom. The van der Waals surface area contributed by atoms with Gasteiger partial charge >= 0.3 is 0 Å². The molecule has 0 radical (unpaired) electrons. The van der Waals surface area contributed by atoms with Gasteiger partial charge in [-0.3, -0.25) is 4.55 Å². The van der Waals surface area contributed by atoms with Gasteiger partial charge < -0.3 is 4.48 Å². The van der Waals surface area contributed by atoms with E-state index in [0.29, 0.717) is 6.42 Å². The first-order valence-corrected chi connectivity index (χ1v) is 7.73. The summed E-state index contributed by atoms with van der Waals surface area (Å²) >= 11 is 0. The monoisotopic (exact) mass is 248 g/mol. The molecular formula is C11H22NO3S+. The number of fused-ring (bicyclic) bond motifs is 3. The summed E-state index contributed by atoms with van der Waals surface area (Å²) in [5.41, 5.74) is 0. The van der Waals surface area contributed by atoms with Crippen LogP contribution in [0, 0.1) is 5.92 Å². The molecule has 0 spiro atoms. The zero-order valence-corrected chi connectivity index (χ0v) is 10.7. The summed E-state index contributed by atoms with van der Waals surface area (Å²) in [6.45, 7) is 6.15. The van der Waals surface area contributed by atoms with Crippen LogP contribution in [0.3, 0.4) is 0 Å². The van der Waals surface area contributed by atoms with Crippen LogP contribution in [0.5, 0.6) is 0 Å². The minimum atomic E-state index is -3.84. The Balaban J connectivity index is 1.90. The normalized spacial score (nSPS) is 36.2. The Labute approximate surface area is 98.0 Å². The molecule has 2 bridgehead atoms. The van der Waals surface area contributed by atoms with Crippen molar-refractivity contribution in [3.05, 3.63) is 0 Å². The third-order valence-electron chi connectivity index (χ3n) is 4.55. The van der Waals surface area contributed by atoms with Gasteiger partial charge in [0.25, 0.3) is 10.1 Å². The summed E-state index contributed by atoms with van der Waals surface area (Å²) in [6.07, 6.45) is 4.50. The number of rotatable bonds is 4. The highest BCUT2D eigenvalue weighted by atomic mass is 32.2. The standard InChI is InChI=1S/C11H21NO3S/c1-10(16(13,14)15)2-6-12-7-3-11(4-8-12)5-9-12/h10-11H,2-9H2,1H3/p+1. The molecule has 3 aliphatic rings. The molecule has 0 amide bonds. The Morgan fingerprint density at radius 2 is 1.75 bits per heavy atom. The highest BCUT2D eigenvalue weighted by molar-refractivity contribution is 7.86. The van der Waals surface area contributed by atoms with E-state index in [1.54, 1.807) is 6.92 Å². The van der Waals surface area contributed by atoms with Crippen molar-refractivity contribution in [1.82, 2.24) is 0 Å². The third-order valence-corrected chi connectivity index (χ3v) is 5.81. The number of piperidine rings is 3. The molecule has 0 saturated carbocycles. The Hall–Kier alpha value is -0.130. The summed E-state index contributed by atoms with van der Waals surface area (Å²) in [4.78, 5) is 0. The first kappa shape index (κ1) is 12.3. The van der Waals surface area contributed by atoms with Gasteiger partial charge in [-0.25, -0.2) is 0 Å². The minimum absolute atomic E-state index is 0.587. The lowest BCUT2D eigenvalue weighted by Crippen LogP contribution is -2.58. The van der Waals surface area contributed by atoms with Gasteiger partial charge in [-0.1, -0.05) is 0 Å². The van der Waals surface area contributed by atoms with Gasteiger partial charge in [0.15, 0.2) is 0 Å². The average Bonchev–Trinajstić information content (AvgIpc) is 2.27. The predicted octanol–water partition coefficient (Wildman–Crippen LogP) is 1.28. The molecule has 1 N–H and O–H groups in total. The lowest BCUT2D eigenvalue weighted by Gasteiger charge is -2.49. The molecule has 3 fully saturated rings. The van der Waals surface area contributed by atoms with Gasteiger partial charge in [-0.2, -0.15) is 8.42 Å². The summed E-state index contributed by atoms with van der Waals surface area (Å²) in [6, 6.07) is 0. The van der Waals surface area contributed by atoms with Crippen molar-refractivity contribution in [2.24, 2.45) is 5.92 Å². The second-order valence-corrected chi connectivity index (χ2v) is 7.42. The van der Waals surface area contributed by atoms with Crippen LogP contribution in [0.1, 0.15) is 32.6 Å². The van der Waals surface area contributed by atoms with E-state index in [1.165, 1.54) is 38.9 Å². The largest absolute Gasteiger partial charge is 0.324 e. The first-order valence-electron chi connectivity index (χ1n) is 6.23. The van der Waals surface area contributed by atoms with Crippen molar-refractivity contribution in [3.63, 3.8) is 0 Å². The third kappa shape index (κ3) is 2.57. The second-order valence-electron chi connectivity index (χ2n) is 5.58. The van der Waals surface area contributed by atoms with Crippen LogP contribution in [0.15, 0.2) is 0 Å². The molecule has 0 aromatic rings. The number of hydrogen-bond donors (Lipinski definition) is 1. The van der Waals surface area contributed by atoms with Crippen LogP contribution >= 0.6 is 0 Å². The van der Waals surface area contributed by atoms with E-state index in [9.17, 15) is 8.42 Å². The molecule has 5 heteroatoms.